The van der Waals surface area contributed by atoms with Gasteiger partial charge in [-0.15, -0.1) is 0 Å². The summed E-state index contributed by atoms with van der Waals surface area (Å²) in [5.41, 5.74) is 0. The Morgan fingerprint density at radius 3 is 1.57 bits per heavy atom. The normalized spacial score (nSPS) is 26.8. The van der Waals surface area contributed by atoms with Gasteiger partial charge in [0, 0.05) is 33.7 Å². The number of nitrogens with one attached hydrogen (secondary N) is 1. The minimum absolute atomic E-state index is 0.292. The minimum atomic E-state index is -1.57. The first-order chi connectivity index (χ1) is 12.9. The Hall–Kier alpha value is -2.69. The Morgan fingerprint density at radius 1 is 0.714 bits per heavy atom. The van der Waals surface area contributed by atoms with Crippen molar-refractivity contribution in [2.45, 2.75) is 78.3 Å². The second kappa shape index (κ2) is 10.0. The number of carbonyl (C=O) groups is 5. The van der Waals surface area contributed by atoms with E-state index >= 15 is 0 Å². The molecule has 5 atom stereocenters. The summed E-state index contributed by atoms with van der Waals surface area (Å²) in [6, 6.07) is -0.292. The van der Waals surface area contributed by atoms with Crippen LogP contribution >= 0.6 is 0 Å². The molecular formula is C17H25NO10. The fraction of sp³-hybridized carbons (Fsp3) is 0.706. The van der Waals surface area contributed by atoms with Crippen LogP contribution in [0.3, 0.4) is 0 Å². The number of hydrogen-bond acceptors (Lipinski definition) is 10. The van der Waals surface area contributed by atoms with Gasteiger partial charge in [-0.3, -0.25) is 24.0 Å². The molecule has 11 heteroatoms. The summed E-state index contributed by atoms with van der Waals surface area (Å²) >= 11 is 0. The summed E-state index contributed by atoms with van der Waals surface area (Å²) in [7, 11) is 0. The van der Waals surface area contributed by atoms with Crippen LogP contribution in [0.2, 0.25) is 0 Å². The molecule has 1 heterocycles. The second-order valence-electron chi connectivity index (χ2n) is 6.42. The quantitative estimate of drug-likeness (QED) is 0.459. The number of hydrogen-bond donors (Lipinski definition) is 1. The topological polar surface area (TPSA) is 144 Å². The lowest BCUT2D eigenvalue weighted by Crippen LogP contribution is -2.65. The predicted molar refractivity (Wildman–Crippen MR) is 90.4 cm³/mol. The first-order valence-corrected chi connectivity index (χ1v) is 8.57. The minimum Gasteiger partial charge on any atom is -0.455 e. The molecule has 11 nitrogen and oxygen atoms in total. The van der Waals surface area contributed by atoms with Crippen molar-refractivity contribution >= 4 is 29.8 Å². The summed E-state index contributed by atoms with van der Waals surface area (Å²) in [4.78, 5) is 58.7. The number of esters is 4. The van der Waals surface area contributed by atoms with Gasteiger partial charge in [-0.05, 0) is 13.8 Å². The van der Waals surface area contributed by atoms with Crippen molar-refractivity contribution in [1.29, 1.82) is 0 Å². The zero-order chi connectivity index (χ0) is 21.6. The van der Waals surface area contributed by atoms with E-state index < -0.39 is 60.5 Å². The Morgan fingerprint density at radius 2 is 1.14 bits per heavy atom. The van der Waals surface area contributed by atoms with Crippen LogP contribution < -0.4 is 5.32 Å². The Labute approximate surface area is 161 Å². The van der Waals surface area contributed by atoms with Gasteiger partial charge in [0.15, 0.2) is 18.3 Å². The fourth-order valence-corrected chi connectivity index (χ4v) is 2.61. The molecule has 0 aromatic heterocycles. The molecule has 158 valence electrons. The molecule has 1 fully saturated rings. The van der Waals surface area contributed by atoms with Crippen LogP contribution in [0.15, 0.2) is 0 Å². The Kier molecular flexibility index (Phi) is 8.35. The van der Waals surface area contributed by atoms with E-state index in [1.807, 2.05) is 0 Å². The number of ether oxygens (including phenoxy) is 5. The third kappa shape index (κ3) is 6.80. The highest BCUT2D eigenvalue weighted by Crippen LogP contribution is 2.30. The fourth-order valence-electron chi connectivity index (χ4n) is 2.61. The van der Waals surface area contributed by atoms with E-state index in [4.69, 9.17) is 23.7 Å². The Bertz CT molecular complexity index is 631. The number of carbonyl (C=O) groups excluding carboxylic acids is 5. The molecule has 0 aromatic carbocycles. The third-order valence-electron chi connectivity index (χ3n) is 3.37. The maximum Gasteiger partial charge on any atom is 0.305 e. The maximum absolute atomic E-state index is 12.6. The zero-order valence-corrected chi connectivity index (χ0v) is 16.5. The van der Waals surface area contributed by atoms with Crippen molar-refractivity contribution < 1.29 is 47.7 Å². The van der Waals surface area contributed by atoms with Crippen LogP contribution in [0.5, 0.6) is 0 Å². The molecule has 1 aliphatic rings. The molecule has 1 saturated heterocycles. The molecule has 0 radical (unpaired) electrons. The van der Waals surface area contributed by atoms with Crippen LogP contribution in [-0.2, 0) is 47.7 Å². The maximum atomic E-state index is 12.6. The van der Waals surface area contributed by atoms with Crippen LogP contribution in [0.25, 0.3) is 0 Å². The second-order valence-corrected chi connectivity index (χ2v) is 6.42. The first-order valence-electron chi connectivity index (χ1n) is 8.57. The van der Waals surface area contributed by atoms with Crippen molar-refractivity contribution in [1.82, 2.24) is 5.32 Å². The van der Waals surface area contributed by atoms with Crippen molar-refractivity contribution in [3.05, 3.63) is 0 Å². The molecule has 28 heavy (non-hydrogen) atoms. The van der Waals surface area contributed by atoms with Gasteiger partial charge in [-0.2, -0.15) is 0 Å². The molecular weight excluding hydrogens is 378 g/mol. The van der Waals surface area contributed by atoms with Crippen molar-refractivity contribution in [3.8, 4) is 0 Å². The van der Waals surface area contributed by atoms with E-state index in [-0.39, 0.29) is 6.04 Å². The van der Waals surface area contributed by atoms with E-state index in [0.717, 1.165) is 27.7 Å². The lowest BCUT2D eigenvalue weighted by atomic mass is 9.97. The molecule has 0 bridgehead atoms. The summed E-state index contributed by atoms with van der Waals surface area (Å²) in [5, 5.41) is 2.58. The standard InChI is InChI=1S/C17H25NO10/c1-7(2)18-16(23)14-12(24-8(3)19)13(25-9(4)20)15(26-10(5)21)17(28-14)27-11(6)22/h7,12-15,17H,1-6H3,(H,18,23)/t12-,13-,14-,15+,17+/m0/s1. The first kappa shape index (κ1) is 23.3. The molecule has 1 N–H and O–H groups in total. The average molecular weight is 403 g/mol. The van der Waals surface area contributed by atoms with E-state index in [2.05, 4.69) is 5.32 Å². The SMILES string of the molecule is CC(=O)O[C@@H]1O[C@H](C(=O)NC(C)C)[C@@H](OC(C)=O)[C@H](OC(C)=O)[C@H]1OC(C)=O. The molecule has 1 aliphatic heterocycles. The molecule has 0 unspecified atom stereocenters. The van der Waals surface area contributed by atoms with Gasteiger partial charge in [0.05, 0.1) is 0 Å². The monoisotopic (exact) mass is 403 g/mol. The van der Waals surface area contributed by atoms with E-state index in [0.29, 0.717) is 0 Å². The zero-order valence-electron chi connectivity index (χ0n) is 16.5. The van der Waals surface area contributed by atoms with Gasteiger partial charge in [-0.1, -0.05) is 0 Å². The highest BCUT2D eigenvalue weighted by molar-refractivity contribution is 5.83. The highest BCUT2D eigenvalue weighted by atomic mass is 16.7. The summed E-state index contributed by atoms with van der Waals surface area (Å²) < 4.78 is 25.9. The van der Waals surface area contributed by atoms with Gasteiger partial charge >= 0.3 is 23.9 Å². The van der Waals surface area contributed by atoms with Gasteiger partial charge < -0.3 is 29.0 Å². The molecule has 0 saturated carbocycles. The van der Waals surface area contributed by atoms with Gasteiger partial charge in [0.1, 0.15) is 0 Å². The van der Waals surface area contributed by atoms with Crippen molar-refractivity contribution in [2.75, 3.05) is 0 Å². The van der Waals surface area contributed by atoms with Crippen molar-refractivity contribution in [2.24, 2.45) is 0 Å². The summed E-state index contributed by atoms with van der Waals surface area (Å²) in [5.74, 6) is -3.88. The van der Waals surface area contributed by atoms with E-state index in [1.54, 1.807) is 13.8 Å². The smallest absolute Gasteiger partial charge is 0.305 e. The van der Waals surface area contributed by atoms with Crippen LogP contribution in [0.1, 0.15) is 41.5 Å². The third-order valence-corrected chi connectivity index (χ3v) is 3.37. The summed E-state index contributed by atoms with van der Waals surface area (Å²) in [6.45, 7) is 7.70. The molecule has 1 rings (SSSR count). The predicted octanol–water partition coefficient (Wildman–Crippen LogP) is -0.406. The largest absolute Gasteiger partial charge is 0.455 e. The lowest BCUT2D eigenvalue weighted by molar-refractivity contribution is -0.290. The average Bonchev–Trinajstić information content (AvgIpc) is 2.50. The molecule has 1 amide bonds. The van der Waals surface area contributed by atoms with E-state index in [1.165, 1.54) is 0 Å². The highest BCUT2D eigenvalue weighted by Gasteiger charge is 2.55. The Balaban J connectivity index is 3.40. The molecule has 0 aromatic rings. The van der Waals surface area contributed by atoms with E-state index in [9.17, 15) is 24.0 Å². The van der Waals surface area contributed by atoms with Gasteiger partial charge in [-0.25, -0.2) is 0 Å². The number of amides is 1. The van der Waals surface area contributed by atoms with Crippen molar-refractivity contribution in [3.63, 3.8) is 0 Å². The van der Waals surface area contributed by atoms with Crippen LogP contribution in [-0.4, -0.2) is 66.5 Å². The van der Waals surface area contributed by atoms with Crippen LogP contribution in [0.4, 0.5) is 0 Å². The van der Waals surface area contributed by atoms with Gasteiger partial charge in [0.25, 0.3) is 5.91 Å². The lowest BCUT2D eigenvalue weighted by Gasteiger charge is -2.43. The molecule has 0 spiro atoms. The molecule has 0 aliphatic carbocycles. The number of rotatable bonds is 6. The van der Waals surface area contributed by atoms with Gasteiger partial charge in [0.2, 0.25) is 12.4 Å². The van der Waals surface area contributed by atoms with Crippen LogP contribution in [0, 0.1) is 0 Å². The summed E-state index contributed by atoms with van der Waals surface area (Å²) in [6.07, 6.45) is -7.42.